The second kappa shape index (κ2) is 2.31. The molecule has 1 unspecified atom stereocenters. The van der Waals surface area contributed by atoms with E-state index in [4.69, 9.17) is 5.48 Å². The van der Waals surface area contributed by atoms with Crippen molar-refractivity contribution < 1.29 is 5.48 Å². The molecular weight excluding hydrogens is 86.1 g/mol. The summed E-state index contributed by atoms with van der Waals surface area (Å²) in [5.41, 5.74) is 0. The van der Waals surface area contributed by atoms with E-state index in [-0.39, 0.29) is 5.92 Å². The molecule has 0 aliphatic carbocycles. The van der Waals surface area contributed by atoms with Crippen molar-refractivity contribution in [1.82, 2.24) is 5.32 Å². The van der Waals surface area contributed by atoms with Crippen molar-refractivity contribution in [1.29, 1.82) is 0 Å². The molecule has 1 aliphatic rings. The Hall–Kier alpha value is -0.0400. The third kappa shape index (κ3) is 1.48. The van der Waals surface area contributed by atoms with Gasteiger partial charge in [0.1, 0.15) is 0 Å². The van der Waals surface area contributed by atoms with Crippen LogP contribution in [0.2, 0.25) is 0 Å². The Balaban J connectivity index is 2.67. The van der Waals surface area contributed by atoms with Crippen molar-refractivity contribution in [3.63, 3.8) is 0 Å². The van der Waals surface area contributed by atoms with Crippen LogP contribution in [0, 0.1) is 5.92 Å². The molecule has 0 aromatic heterocycles. The fraction of sp³-hybridized carbons (Fsp3) is 1.00. The molecule has 1 saturated heterocycles. The van der Waals surface area contributed by atoms with Crippen LogP contribution in [0.15, 0.2) is 0 Å². The fourth-order valence-corrected chi connectivity index (χ4v) is 0.598. The fourth-order valence-electron chi connectivity index (χ4n) is 0.598. The standard InChI is InChI=1S/C6H13N/c1-6-3-2-4-7-5-6/h6-7H,2-5H2,1H3/i4D2,5D2. The molecule has 1 heterocycles. The summed E-state index contributed by atoms with van der Waals surface area (Å²) in [6, 6.07) is 0. The van der Waals surface area contributed by atoms with Crippen molar-refractivity contribution in [2.75, 3.05) is 13.0 Å². The van der Waals surface area contributed by atoms with Crippen molar-refractivity contribution in [3.05, 3.63) is 0 Å². The molecule has 1 heteroatoms. The summed E-state index contributed by atoms with van der Waals surface area (Å²) in [6.45, 7) is -1.29. The van der Waals surface area contributed by atoms with Gasteiger partial charge in [-0.25, -0.2) is 0 Å². The number of hydrogen-bond donors (Lipinski definition) is 1. The highest BCUT2D eigenvalue weighted by molar-refractivity contribution is 4.63. The van der Waals surface area contributed by atoms with Crippen LogP contribution in [-0.2, 0) is 0 Å². The average molecular weight is 103 g/mol. The highest BCUT2D eigenvalue weighted by Gasteiger charge is 2.04. The van der Waals surface area contributed by atoms with E-state index in [0.29, 0.717) is 12.8 Å². The summed E-state index contributed by atoms with van der Waals surface area (Å²) in [5.74, 6) is -0.105. The van der Waals surface area contributed by atoms with E-state index in [1.54, 1.807) is 6.92 Å². The van der Waals surface area contributed by atoms with Crippen molar-refractivity contribution in [3.8, 4) is 0 Å². The average Bonchev–Trinajstić information content (AvgIpc) is 1.77. The minimum Gasteiger partial charge on any atom is -0.316 e. The minimum absolute atomic E-state index is 0.105. The Morgan fingerprint density at radius 2 is 2.71 bits per heavy atom. The van der Waals surface area contributed by atoms with Gasteiger partial charge in [0.2, 0.25) is 0 Å². The highest BCUT2D eigenvalue weighted by atomic mass is 14.9. The molecule has 1 N–H and O–H groups in total. The van der Waals surface area contributed by atoms with E-state index >= 15 is 0 Å². The molecule has 42 valence electrons. The molecule has 1 atom stereocenters. The molecule has 1 aliphatic heterocycles. The van der Waals surface area contributed by atoms with Gasteiger partial charge >= 0.3 is 0 Å². The first kappa shape index (κ1) is 2.06. The minimum atomic E-state index is -1.55. The predicted molar refractivity (Wildman–Crippen MR) is 31.3 cm³/mol. The lowest BCUT2D eigenvalue weighted by atomic mass is 10.0. The van der Waals surface area contributed by atoms with Gasteiger partial charge in [0.05, 0.1) is 0 Å². The first-order valence-corrected chi connectivity index (χ1v) is 2.63. The lowest BCUT2D eigenvalue weighted by Crippen LogP contribution is -2.27. The largest absolute Gasteiger partial charge is 0.316 e. The summed E-state index contributed by atoms with van der Waals surface area (Å²) in [6.07, 6.45) is 1.00. The lowest BCUT2D eigenvalue weighted by molar-refractivity contribution is 0.405. The SMILES string of the molecule is [2H]C1([2H])CCC(C)C([2H])([2H])N1. The van der Waals surface area contributed by atoms with E-state index in [9.17, 15) is 0 Å². The van der Waals surface area contributed by atoms with Crippen LogP contribution in [0.1, 0.15) is 25.2 Å². The Kier molecular flexibility index (Phi) is 0.680. The summed E-state index contributed by atoms with van der Waals surface area (Å²) >= 11 is 0. The molecule has 1 rings (SSSR count). The highest BCUT2D eigenvalue weighted by Crippen LogP contribution is 2.06. The Morgan fingerprint density at radius 1 is 1.86 bits per heavy atom. The van der Waals surface area contributed by atoms with Crippen LogP contribution >= 0.6 is 0 Å². The third-order valence-corrected chi connectivity index (χ3v) is 1.11. The molecule has 0 radical (unpaired) electrons. The number of piperidine rings is 1. The smallest absolute Gasteiger partial charge is 0.0431 e. The van der Waals surface area contributed by atoms with Gasteiger partial charge in [0.15, 0.2) is 0 Å². The van der Waals surface area contributed by atoms with E-state index in [1.165, 1.54) is 0 Å². The first-order valence-electron chi connectivity index (χ1n) is 4.63. The topological polar surface area (TPSA) is 12.0 Å². The monoisotopic (exact) mass is 103 g/mol. The van der Waals surface area contributed by atoms with E-state index in [2.05, 4.69) is 5.32 Å². The molecule has 0 aromatic carbocycles. The Labute approximate surface area is 50.7 Å². The normalized spacial score (nSPS) is 55.9. The number of hydrogen-bond acceptors (Lipinski definition) is 1. The van der Waals surface area contributed by atoms with Gasteiger partial charge in [-0.1, -0.05) is 6.92 Å². The molecular formula is C6H13N. The van der Waals surface area contributed by atoms with E-state index in [1.807, 2.05) is 0 Å². The van der Waals surface area contributed by atoms with Crippen LogP contribution < -0.4 is 5.32 Å². The molecule has 1 nitrogen and oxygen atoms in total. The van der Waals surface area contributed by atoms with Gasteiger partial charge in [-0.05, 0) is 31.8 Å². The third-order valence-electron chi connectivity index (χ3n) is 1.11. The van der Waals surface area contributed by atoms with Crippen LogP contribution in [0.3, 0.4) is 0 Å². The summed E-state index contributed by atoms with van der Waals surface area (Å²) < 4.78 is 29.4. The maximum atomic E-state index is 7.40. The van der Waals surface area contributed by atoms with Crippen LogP contribution in [0.25, 0.3) is 0 Å². The molecule has 1 fully saturated rings. The Morgan fingerprint density at radius 3 is 3.29 bits per heavy atom. The number of rotatable bonds is 0. The zero-order valence-electron chi connectivity index (χ0n) is 8.49. The van der Waals surface area contributed by atoms with Crippen LogP contribution in [0.5, 0.6) is 0 Å². The van der Waals surface area contributed by atoms with Gasteiger partial charge < -0.3 is 5.32 Å². The lowest BCUT2D eigenvalue weighted by Gasteiger charge is -2.17. The second-order valence-electron chi connectivity index (χ2n) is 1.89. The van der Waals surface area contributed by atoms with E-state index in [0.717, 1.165) is 0 Å². The van der Waals surface area contributed by atoms with Gasteiger partial charge in [0, 0.05) is 5.48 Å². The molecule has 0 amide bonds. The van der Waals surface area contributed by atoms with Crippen LogP contribution in [0.4, 0.5) is 0 Å². The first-order chi connectivity index (χ1) is 4.83. The quantitative estimate of drug-likeness (QED) is 0.482. The van der Waals surface area contributed by atoms with Crippen molar-refractivity contribution in [2.45, 2.75) is 19.8 Å². The number of nitrogens with one attached hydrogen (secondary N) is 1. The van der Waals surface area contributed by atoms with Crippen LogP contribution in [-0.4, -0.2) is 13.0 Å². The second-order valence-corrected chi connectivity index (χ2v) is 1.89. The maximum absolute atomic E-state index is 7.40. The summed E-state index contributed by atoms with van der Waals surface area (Å²) in [7, 11) is 0. The molecule has 0 spiro atoms. The zero-order valence-corrected chi connectivity index (χ0v) is 4.49. The maximum Gasteiger partial charge on any atom is 0.0431 e. The summed E-state index contributed by atoms with van der Waals surface area (Å²) in [5, 5.41) is 2.35. The predicted octanol–water partition coefficient (Wildman–Crippen LogP) is 1.01. The molecule has 0 bridgehead atoms. The Bertz CT molecular complexity index is 157. The summed E-state index contributed by atoms with van der Waals surface area (Å²) in [4.78, 5) is 0. The molecule has 0 aromatic rings. The van der Waals surface area contributed by atoms with Gasteiger partial charge in [-0.2, -0.15) is 0 Å². The van der Waals surface area contributed by atoms with E-state index < -0.39 is 13.0 Å². The molecule has 0 saturated carbocycles. The molecule has 7 heavy (non-hydrogen) atoms. The van der Waals surface area contributed by atoms with Crippen molar-refractivity contribution >= 4 is 0 Å². The van der Waals surface area contributed by atoms with Gasteiger partial charge in [-0.15, -0.1) is 0 Å². The van der Waals surface area contributed by atoms with Crippen molar-refractivity contribution in [2.24, 2.45) is 5.92 Å². The van der Waals surface area contributed by atoms with Gasteiger partial charge in [0.25, 0.3) is 0 Å². The van der Waals surface area contributed by atoms with Gasteiger partial charge in [-0.3, -0.25) is 0 Å². The zero-order chi connectivity index (χ0) is 8.70.